The van der Waals surface area contributed by atoms with Gasteiger partial charge in [-0.2, -0.15) is 0 Å². The van der Waals surface area contributed by atoms with Crippen LogP contribution in [0.5, 0.6) is 17.2 Å². The molecule has 0 aliphatic carbocycles. The first-order valence-corrected chi connectivity index (χ1v) is 14.4. The number of esters is 1. The summed E-state index contributed by atoms with van der Waals surface area (Å²) >= 11 is 7.51. The minimum atomic E-state index is -0.771. The SMILES string of the molecule is CCOC(=O)C1=C(C)N=c2s/c(=C\c3cccc(OCc4ccccc4Cl)c3)c(=O)n2[C@@H]1c1ccc(OC)c(OC)c1. The van der Waals surface area contributed by atoms with Gasteiger partial charge in [0.1, 0.15) is 12.4 Å². The smallest absolute Gasteiger partial charge is 0.338 e. The van der Waals surface area contributed by atoms with Crippen LogP contribution in [0.4, 0.5) is 0 Å². The molecule has 0 N–H and O–H groups in total. The van der Waals surface area contributed by atoms with Gasteiger partial charge in [0.05, 0.1) is 42.7 Å². The third-order valence-corrected chi connectivity index (χ3v) is 8.10. The van der Waals surface area contributed by atoms with Crippen molar-refractivity contribution in [1.82, 2.24) is 4.57 Å². The topological polar surface area (TPSA) is 88.4 Å². The second-order valence-corrected chi connectivity index (χ2v) is 10.8. The van der Waals surface area contributed by atoms with E-state index in [0.717, 1.165) is 11.1 Å². The zero-order chi connectivity index (χ0) is 29.8. The van der Waals surface area contributed by atoms with Gasteiger partial charge in [0.25, 0.3) is 5.56 Å². The number of hydrogen-bond donors (Lipinski definition) is 0. The fraction of sp³-hybridized carbons (Fsp3) is 0.219. The number of nitrogens with zero attached hydrogens (tertiary/aromatic N) is 2. The van der Waals surface area contributed by atoms with E-state index in [1.165, 1.54) is 23.0 Å². The molecule has 8 nitrogen and oxygen atoms in total. The van der Waals surface area contributed by atoms with E-state index in [1.807, 2.05) is 48.5 Å². The standard InChI is InChI=1S/C32H29ClN2O6S/c1-5-40-31(37)28-19(2)34-32-35(29(28)21-13-14-25(38-3)26(17-21)39-4)30(36)27(42-32)16-20-9-8-11-23(15-20)41-18-22-10-6-7-12-24(22)33/h6-17,29H,5,18H2,1-4H3/b27-16-/t29-/m1/s1. The lowest BCUT2D eigenvalue weighted by atomic mass is 9.95. The van der Waals surface area contributed by atoms with Gasteiger partial charge in [0, 0.05) is 10.6 Å². The van der Waals surface area contributed by atoms with Crippen LogP contribution in [0, 0.1) is 0 Å². The molecule has 0 bridgehead atoms. The number of rotatable bonds is 9. The Balaban J connectivity index is 1.58. The van der Waals surface area contributed by atoms with Gasteiger partial charge in [-0.3, -0.25) is 9.36 Å². The molecule has 0 fully saturated rings. The first kappa shape index (κ1) is 29.2. The Kier molecular flexibility index (Phi) is 8.80. The second kappa shape index (κ2) is 12.7. The third kappa shape index (κ3) is 5.84. The third-order valence-electron chi connectivity index (χ3n) is 6.75. The molecule has 216 valence electrons. The van der Waals surface area contributed by atoms with Crippen LogP contribution in [0.3, 0.4) is 0 Å². The van der Waals surface area contributed by atoms with E-state index in [9.17, 15) is 9.59 Å². The van der Waals surface area contributed by atoms with Gasteiger partial charge in [0.2, 0.25) is 0 Å². The maximum absolute atomic E-state index is 14.0. The summed E-state index contributed by atoms with van der Waals surface area (Å²) in [4.78, 5) is 32.2. The van der Waals surface area contributed by atoms with Crippen LogP contribution in [-0.2, 0) is 16.1 Å². The number of aromatic nitrogens is 1. The average Bonchev–Trinajstić information content (AvgIpc) is 3.29. The Labute approximate surface area is 251 Å². The zero-order valence-corrected chi connectivity index (χ0v) is 25.1. The van der Waals surface area contributed by atoms with E-state index >= 15 is 0 Å². The Morgan fingerprint density at radius 1 is 1.05 bits per heavy atom. The molecule has 0 amide bonds. The average molecular weight is 605 g/mol. The van der Waals surface area contributed by atoms with Gasteiger partial charge in [-0.1, -0.05) is 59.3 Å². The fourth-order valence-corrected chi connectivity index (χ4v) is 5.99. The summed E-state index contributed by atoms with van der Waals surface area (Å²) < 4.78 is 24.3. The number of fused-ring (bicyclic) bond motifs is 1. The molecule has 0 spiro atoms. The number of methoxy groups -OCH3 is 2. The molecule has 0 radical (unpaired) electrons. The van der Waals surface area contributed by atoms with Crippen molar-refractivity contribution in [2.75, 3.05) is 20.8 Å². The monoisotopic (exact) mass is 604 g/mol. The summed E-state index contributed by atoms with van der Waals surface area (Å²) in [6, 6.07) is 19.5. The molecule has 5 rings (SSSR count). The van der Waals surface area contributed by atoms with Gasteiger partial charge in [-0.25, -0.2) is 9.79 Å². The van der Waals surface area contributed by atoms with Gasteiger partial charge >= 0.3 is 5.97 Å². The van der Waals surface area contributed by atoms with Crippen LogP contribution in [0.1, 0.15) is 36.6 Å². The number of ether oxygens (including phenoxy) is 4. The fourth-order valence-electron chi connectivity index (χ4n) is 4.75. The summed E-state index contributed by atoms with van der Waals surface area (Å²) in [6.07, 6.45) is 1.79. The predicted octanol–water partition coefficient (Wildman–Crippen LogP) is 5.05. The highest BCUT2D eigenvalue weighted by molar-refractivity contribution is 7.07. The Morgan fingerprint density at radius 3 is 2.57 bits per heavy atom. The van der Waals surface area contributed by atoms with Gasteiger partial charge < -0.3 is 18.9 Å². The maximum atomic E-state index is 14.0. The van der Waals surface area contributed by atoms with E-state index in [2.05, 4.69) is 4.99 Å². The van der Waals surface area contributed by atoms with Gasteiger partial charge in [0.15, 0.2) is 16.3 Å². The number of allylic oxidation sites excluding steroid dienone is 1. The Hall–Kier alpha value is -4.34. The van der Waals surface area contributed by atoms with Crippen LogP contribution in [0.25, 0.3) is 6.08 Å². The lowest BCUT2D eigenvalue weighted by Gasteiger charge is -2.25. The second-order valence-electron chi connectivity index (χ2n) is 9.37. The van der Waals surface area contributed by atoms with Crippen LogP contribution in [0.15, 0.2) is 87.8 Å². The van der Waals surface area contributed by atoms with E-state index in [0.29, 0.717) is 49.5 Å². The van der Waals surface area contributed by atoms with Crippen molar-refractivity contribution in [2.24, 2.45) is 4.99 Å². The predicted molar refractivity (Wildman–Crippen MR) is 162 cm³/mol. The molecule has 4 aromatic rings. The Bertz CT molecular complexity index is 1860. The first-order valence-electron chi connectivity index (χ1n) is 13.2. The zero-order valence-electron chi connectivity index (χ0n) is 23.5. The van der Waals surface area contributed by atoms with E-state index in [1.54, 1.807) is 45.2 Å². The molecule has 1 aromatic heterocycles. The number of thiazole rings is 1. The quantitative estimate of drug-likeness (QED) is 0.249. The van der Waals surface area contributed by atoms with Crippen molar-refractivity contribution in [3.05, 3.63) is 119 Å². The van der Waals surface area contributed by atoms with E-state index in [-0.39, 0.29) is 17.7 Å². The van der Waals surface area contributed by atoms with Crippen molar-refractivity contribution in [3.63, 3.8) is 0 Å². The van der Waals surface area contributed by atoms with E-state index in [4.69, 9.17) is 30.5 Å². The normalized spacial score (nSPS) is 14.7. The highest BCUT2D eigenvalue weighted by Crippen LogP contribution is 2.36. The first-order chi connectivity index (χ1) is 20.3. The molecule has 2 heterocycles. The summed E-state index contributed by atoms with van der Waals surface area (Å²) in [7, 11) is 3.08. The summed E-state index contributed by atoms with van der Waals surface area (Å²) in [6.45, 7) is 3.98. The molecule has 1 aliphatic rings. The molecular weight excluding hydrogens is 576 g/mol. The van der Waals surface area contributed by atoms with Crippen molar-refractivity contribution >= 4 is 35.0 Å². The minimum Gasteiger partial charge on any atom is -0.493 e. The lowest BCUT2D eigenvalue weighted by Crippen LogP contribution is -2.39. The number of benzene rings is 3. The largest absolute Gasteiger partial charge is 0.493 e. The maximum Gasteiger partial charge on any atom is 0.338 e. The number of hydrogen-bond acceptors (Lipinski definition) is 8. The molecule has 3 aromatic carbocycles. The summed E-state index contributed by atoms with van der Waals surface area (Å²) in [5.74, 6) is 1.11. The van der Waals surface area contributed by atoms with Crippen molar-refractivity contribution in [2.45, 2.75) is 26.5 Å². The molecule has 10 heteroatoms. The Morgan fingerprint density at radius 2 is 1.83 bits per heavy atom. The van der Waals surface area contributed by atoms with E-state index < -0.39 is 12.0 Å². The highest BCUT2D eigenvalue weighted by Gasteiger charge is 2.34. The number of halogens is 1. The molecule has 42 heavy (non-hydrogen) atoms. The number of carbonyl (C=O) groups is 1. The van der Waals surface area contributed by atoms with Crippen molar-refractivity contribution < 1.29 is 23.7 Å². The van der Waals surface area contributed by atoms with Gasteiger partial charge in [-0.15, -0.1) is 0 Å². The summed E-state index contributed by atoms with van der Waals surface area (Å²) in [5, 5.41) is 0.635. The molecule has 1 aliphatic heterocycles. The lowest BCUT2D eigenvalue weighted by molar-refractivity contribution is -0.139. The van der Waals surface area contributed by atoms with Gasteiger partial charge in [-0.05, 0) is 61.4 Å². The molecule has 1 atom stereocenters. The molecular formula is C32H29ClN2O6S. The molecule has 0 unspecified atom stereocenters. The van der Waals surface area contributed by atoms with Crippen LogP contribution >= 0.6 is 22.9 Å². The molecule has 0 saturated heterocycles. The minimum absolute atomic E-state index is 0.188. The van der Waals surface area contributed by atoms with Crippen LogP contribution in [-0.4, -0.2) is 31.4 Å². The van der Waals surface area contributed by atoms with Crippen molar-refractivity contribution in [1.29, 1.82) is 0 Å². The molecule has 0 saturated carbocycles. The highest BCUT2D eigenvalue weighted by atomic mass is 35.5. The van der Waals surface area contributed by atoms with Crippen molar-refractivity contribution in [3.8, 4) is 17.2 Å². The van der Waals surface area contributed by atoms with Crippen LogP contribution in [0.2, 0.25) is 5.02 Å². The number of carbonyl (C=O) groups excluding carboxylic acids is 1. The summed E-state index contributed by atoms with van der Waals surface area (Å²) in [5.41, 5.74) is 2.80. The van der Waals surface area contributed by atoms with Crippen LogP contribution < -0.4 is 29.1 Å².